The summed E-state index contributed by atoms with van der Waals surface area (Å²) in [5, 5.41) is 0.112. The molecule has 0 atom stereocenters. The van der Waals surface area contributed by atoms with Crippen LogP contribution < -0.4 is 4.72 Å². The Labute approximate surface area is 116 Å². The lowest BCUT2D eigenvalue weighted by Gasteiger charge is -2.09. The standard InChI is InChI=1S/C9H11Cl2NO4S2/c1-17(13,14)7-2-3-8(11)9(6-7)12-18(15,16)5-4-10/h2-3,6,12H,4-5H2,1H3. The maximum Gasteiger partial charge on any atom is 0.233 e. The predicted octanol–water partition coefficient (Wildman–Crippen LogP) is 1.72. The van der Waals surface area contributed by atoms with Crippen LogP contribution in [0.15, 0.2) is 23.1 Å². The molecule has 1 aromatic rings. The molecule has 0 saturated heterocycles. The van der Waals surface area contributed by atoms with Gasteiger partial charge in [0.15, 0.2) is 9.84 Å². The number of sulfonamides is 1. The van der Waals surface area contributed by atoms with Gasteiger partial charge in [-0.1, -0.05) is 11.6 Å². The molecule has 0 aliphatic carbocycles. The minimum Gasteiger partial charge on any atom is -0.282 e. The van der Waals surface area contributed by atoms with Gasteiger partial charge in [0.1, 0.15) is 0 Å². The first-order chi connectivity index (χ1) is 8.15. The van der Waals surface area contributed by atoms with Gasteiger partial charge in [-0.05, 0) is 18.2 Å². The van der Waals surface area contributed by atoms with Gasteiger partial charge in [0.2, 0.25) is 10.0 Å². The summed E-state index contributed by atoms with van der Waals surface area (Å²) in [4.78, 5) is -0.0181. The second-order valence-electron chi connectivity index (χ2n) is 3.52. The summed E-state index contributed by atoms with van der Waals surface area (Å²) in [6.07, 6.45) is 1.02. The Bertz CT molecular complexity index is 641. The minimum absolute atomic E-state index is 0.0181. The van der Waals surface area contributed by atoms with Gasteiger partial charge in [-0.15, -0.1) is 11.6 Å². The van der Waals surface area contributed by atoms with E-state index in [1.807, 2.05) is 0 Å². The molecule has 0 aromatic heterocycles. The van der Waals surface area contributed by atoms with Crippen molar-refractivity contribution in [2.75, 3.05) is 22.6 Å². The highest BCUT2D eigenvalue weighted by Crippen LogP contribution is 2.26. The molecule has 1 N–H and O–H groups in total. The summed E-state index contributed by atoms with van der Waals surface area (Å²) in [5.74, 6) is -0.354. The molecule has 0 aliphatic heterocycles. The zero-order valence-corrected chi connectivity index (χ0v) is 12.5. The first-order valence-electron chi connectivity index (χ1n) is 4.72. The molecule has 0 heterocycles. The Kier molecular flexibility index (Phi) is 4.88. The Morgan fingerprint density at radius 2 is 1.83 bits per heavy atom. The highest BCUT2D eigenvalue weighted by Gasteiger charge is 2.15. The Morgan fingerprint density at radius 3 is 2.33 bits per heavy atom. The van der Waals surface area contributed by atoms with E-state index in [2.05, 4.69) is 4.72 Å². The van der Waals surface area contributed by atoms with E-state index in [-0.39, 0.29) is 27.2 Å². The van der Waals surface area contributed by atoms with E-state index >= 15 is 0 Å². The van der Waals surface area contributed by atoms with Gasteiger partial charge in [-0.2, -0.15) is 0 Å². The number of sulfone groups is 1. The zero-order valence-electron chi connectivity index (χ0n) is 9.35. The summed E-state index contributed by atoms with van der Waals surface area (Å²) >= 11 is 11.1. The number of hydrogen-bond donors (Lipinski definition) is 1. The third-order valence-corrected chi connectivity index (χ3v) is 5.10. The summed E-state index contributed by atoms with van der Waals surface area (Å²) in [5.41, 5.74) is 0.0182. The van der Waals surface area contributed by atoms with Crippen LogP contribution in [0.1, 0.15) is 0 Å². The lowest BCUT2D eigenvalue weighted by molar-refractivity contribution is 0.599. The van der Waals surface area contributed by atoms with Gasteiger partial charge in [0.05, 0.1) is 21.4 Å². The van der Waals surface area contributed by atoms with E-state index in [9.17, 15) is 16.8 Å². The average molecular weight is 332 g/mol. The molecular formula is C9H11Cl2NO4S2. The number of hydrogen-bond acceptors (Lipinski definition) is 4. The first kappa shape index (κ1) is 15.6. The Hall–Kier alpha value is -0.500. The van der Waals surface area contributed by atoms with Crippen LogP contribution in [-0.2, 0) is 19.9 Å². The van der Waals surface area contributed by atoms with Crippen molar-refractivity contribution < 1.29 is 16.8 Å². The topological polar surface area (TPSA) is 80.3 Å². The number of rotatable bonds is 5. The SMILES string of the molecule is CS(=O)(=O)c1ccc(Cl)c(NS(=O)(=O)CCCl)c1. The largest absolute Gasteiger partial charge is 0.282 e. The number of benzene rings is 1. The van der Waals surface area contributed by atoms with Gasteiger partial charge < -0.3 is 0 Å². The molecule has 0 fully saturated rings. The minimum atomic E-state index is -3.63. The fourth-order valence-electron chi connectivity index (χ4n) is 1.13. The van der Waals surface area contributed by atoms with Crippen LogP contribution in [0.2, 0.25) is 5.02 Å². The smallest absolute Gasteiger partial charge is 0.233 e. The van der Waals surface area contributed by atoms with E-state index < -0.39 is 19.9 Å². The Morgan fingerprint density at radius 1 is 1.22 bits per heavy atom. The summed E-state index contributed by atoms with van der Waals surface area (Å²) < 4.78 is 47.9. The highest BCUT2D eigenvalue weighted by atomic mass is 35.5. The lowest BCUT2D eigenvalue weighted by atomic mass is 10.3. The molecule has 1 aromatic carbocycles. The number of halogens is 2. The van der Waals surface area contributed by atoms with Gasteiger partial charge >= 0.3 is 0 Å². The molecule has 0 aliphatic rings. The molecule has 0 radical (unpaired) electrons. The van der Waals surface area contributed by atoms with E-state index in [1.54, 1.807) is 0 Å². The molecule has 0 spiro atoms. The fourth-order valence-corrected chi connectivity index (χ4v) is 3.42. The molecule has 0 saturated carbocycles. The van der Waals surface area contributed by atoms with Crippen molar-refractivity contribution in [3.63, 3.8) is 0 Å². The monoisotopic (exact) mass is 331 g/mol. The van der Waals surface area contributed by atoms with Crippen LogP contribution >= 0.6 is 23.2 Å². The maximum absolute atomic E-state index is 11.5. The van der Waals surface area contributed by atoms with Crippen molar-refractivity contribution in [3.05, 3.63) is 23.2 Å². The van der Waals surface area contributed by atoms with Crippen LogP contribution in [0, 0.1) is 0 Å². The molecule has 5 nitrogen and oxygen atoms in total. The molecule has 102 valence electrons. The fraction of sp³-hybridized carbons (Fsp3) is 0.333. The van der Waals surface area contributed by atoms with Crippen molar-refractivity contribution in [2.24, 2.45) is 0 Å². The van der Waals surface area contributed by atoms with Gasteiger partial charge in [-0.25, -0.2) is 16.8 Å². The van der Waals surface area contributed by atoms with E-state index in [4.69, 9.17) is 23.2 Å². The third kappa shape index (κ3) is 4.31. The highest BCUT2D eigenvalue weighted by molar-refractivity contribution is 7.92. The van der Waals surface area contributed by atoms with E-state index in [0.29, 0.717) is 0 Å². The molecule has 0 bridgehead atoms. The summed E-state index contributed by atoms with van der Waals surface area (Å²) in [7, 11) is -7.06. The van der Waals surface area contributed by atoms with Crippen molar-refractivity contribution in [2.45, 2.75) is 4.90 Å². The normalized spacial score (nSPS) is 12.4. The second kappa shape index (κ2) is 5.64. The zero-order chi connectivity index (χ0) is 14.0. The van der Waals surface area contributed by atoms with Crippen molar-refractivity contribution in [1.82, 2.24) is 0 Å². The predicted molar refractivity (Wildman–Crippen MR) is 72.7 cm³/mol. The van der Waals surface area contributed by atoms with E-state index in [0.717, 1.165) is 6.26 Å². The third-order valence-electron chi connectivity index (χ3n) is 1.98. The number of alkyl halides is 1. The molecule has 18 heavy (non-hydrogen) atoms. The van der Waals surface area contributed by atoms with Crippen molar-refractivity contribution in [1.29, 1.82) is 0 Å². The van der Waals surface area contributed by atoms with Crippen molar-refractivity contribution >= 4 is 48.7 Å². The van der Waals surface area contributed by atoms with Gasteiger partial charge in [-0.3, -0.25) is 4.72 Å². The first-order valence-corrected chi connectivity index (χ1v) is 9.17. The molecular weight excluding hydrogens is 321 g/mol. The van der Waals surface area contributed by atoms with Crippen LogP contribution in [0.5, 0.6) is 0 Å². The number of nitrogens with one attached hydrogen (secondary N) is 1. The van der Waals surface area contributed by atoms with Gasteiger partial charge in [0.25, 0.3) is 0 Å². The second-order valence-corrected chi connectivity index (χ2v) is 8.17. The Balaban J connectivity index is 3.18. The van der Waals surface area contributed by atoms with Crippen LogP contribution in [0.4, 0.5) is 5.69 Å². The number of anilines is 1. The quantitative estimate of drug-likeness (QED) is 0.833. The maximum atomic E-state index is 11.5. The molecule has 1 rings (SSSR count). The van der Waals surface area contributed by atoms with Crippen LogP contribution in [-0.4, -0.2) is 34.7 Å². The average Bonchev–Trinajstić information content (AvgIpc) is 2.19. The van der Waals surface area contributed by atoms with Gasteiger partial charge in [0, 0.05) is 12.1 Å². The van der Waals surface area contributed by atoms with Crippen LogP contribution in [0.25, 0.3) is 0 Å². The lowest BCUT2D eigenvalue weighted by Crippen LogP contribution is -2.18. The van der Waals surface area contributed by atoms with Crippen molar-refractivity contribution in [3.8, 4) is 0 Å². The van der Waals surface area contributed by atoms with Crippen LogP contribution in [0.3, 0.4) is 0 Å². The molecule has 0 unspecified atom stereocenters. The van der Waals surface area contributed by atoms with E-state index in [1.165, 1.54) is 18.2 Å². The molecule has 0 amide bonds. The molecule has 9 heteroatoms. The summed E-state index contributed by atoms with van der Waals surface area (Å²) in [6.45, 7) is 0. The summed E-state index contributed by atoms with van der Waals surface area (Å²) in [6, 6.07) is 3.79.